The van der Waals surface area contributed by atoms with Crippen LogP contribution >= 0.6 is 0 Å². The van der Waals surface area contributed by atoms with Crippen molar-refractivity contribution in [2.75, 3.05) is 13.2 Å². The molecule has 0 aromatic carbocycles. The maximum Gasteiger partial charge on any atom is 0.330 e. The molecule has 0 radical (unpaired) electrons. The van der Waals surface area contributed by atoms with Gasteiger partial charge in [0.05, 0.1) is 13.2 Å². The van der Waals surface area contributed by atoms with E-state index >= 15 is 0 Å². The van der Waals surface area contributed by atoms with Gasteiger partial charge < -0.3 is 14.6 Å². The summed E-state index contributed by atoms with van der Waals surface area (Å²) in [6.07, 6.45) is -1.38. The average Bonchev–Trinajstić information content (AvgIpc) is 2.87. The second-order valence-corrected chi connectivity index (χ2v) is 4.70. The third-order valence-corrected chi connectivity index (χ3v) is 3.53. The highest BCUT2D eigenvalue weighted by Crippen LogP contribution is 2.44. The fourth-order valence-corrected chi connectivity index (χ4v) is 2.53. The van der Waals surface area contributed by atoms with Crippen molar-refractivity contribution >= 4 is 0 Å². The number of aliphatic hydroxyl groups is 1. The minimum absolute atomic E-state index is 0.0759. The summed E-state index contributed by atoms with van der Waals surface area (Å²) in [5.41, 5.74) is 6.03. The predicted molar refractivity (Wildman–Crippen MR) is 63.9 cm³/mol. The van der Waals surface area contributed by atoms with Gasteiger partial charge in [-0.25, -0.2) is 4.79 Å². The first-order valence-electron chi connectivity index (χ1n) is 5.87. The molecule has 2 bridgehead atoms. The monoisotopic (exact) mass is 281 g/mol. The van der Waals surface area contributed by atoms with Crippen molar-refractivity contribution in [3.8, 4) is 0 Å². The van der Waals surface area contributed by atoms with Gasteiger partial charge >= 0.3 is 5.69 Å². The largest absolute Gasteiger partial charge is 0.387 e. The zero-order valence-corrected chi connectivity index (χ0v) is 10.2. The van der Waals surface area contributed by atoms with Gasteiger partial charge in [0.25, 0.3) is 5.56 Å². The van der Waals surface area contributed by atoms with Crippen LogP contribution in [0.2, 0.25) is 0 Å². The van der Waals surface area contributed by atoms with E-state index in [-0.39, 0.29) is 13.2 Å². The minimum atomic E-state index is -1.16. The van der Waals surface area contributed by atoms with Gasteiger partial charge in [0.15, 0.2) is 6.23 Å². The Bertz CT molecular complexity index is 692. The van der Waals surface area contributed by atoms with Gasteiger partial charge in [0, 0.05) is 17.2 Å². The molecule has 3 rings (SSSR count). The SMILES string of the molecule is [N-]=[N+]=NC[C@@]12CO[C@@H]([C@H](n3ccc(=O)[nH]c3=O)O1)[C@@H]2O. The van der Waals surface area contributed by atoms with Crippen molar-refractivity contribution in [1.82, 2.24) is 9.55 Å². The Morgan fingerprint density at radius 3 is 3.15 bits per heavy atom. The predicted octanol–water partition coefficient (Wildman–Crippen LogP) is -1.13. The topological polar surface area (TPSA) is 142 Å². The molecule has 0 spiro atoms. The number of H-pyrrole nitrogens is 1. The van der Waals surface area contributed by atoms with Crippen LogP contribution in [0, 0.1) is 0 Å². The number of aromatic amines is 1. The Morgan fingerprint density at radius 1 is 1.65 bits per heavy atom. The Kier molecular flexibility index (Phi) is 2.87. The van der Waals surface area contributed by atoms with E-state index in [1.165, 1.54) is 12.3 Å². The van der Waals surface area contributed by atoms with Crippen LogP contribution in [0.5, 0.6) is 0 Å². The molecule has 1 aromatic heterocycles. The van der Waals surface area contributed by atoms with Gasteiger partial charge in [0.1, 0.15) is 17.8 Å². The third-order valence-electron chi connectivity index (χ3n) is 3.53. The van der Waals surface area contributed by atoms with E-state index < -0.39 is 35.3 Å². The second kappa shape index (κ2) is 4.46. The maximum atomic E-state index is 11.7. The number of aromatic nitrogens is 2. The number of nitrogens with one attached hydrogen (secondary N) is 1. The standard InChI is InChI=1S/C10H11N5O5/c11-14-12-3-10-4-19-6(7(10)17)8(20-10)15-2-1-5(16)13-9(15)18/h1-2,6-8,17H,3-4H2,(H,13,16,18)/t6-,7+,8-,10+/m1/s1. The van der Waals surface area contributed by atoms with Gasteiger partial charge in [-0.05, 0) is 5.53 Å². The summed E-state index contributed by atoms with van der Waals surface area (Å²) in [5.74, 6) is 0. The molecular formula is C10H11N5O5. The van der Waals surface area contributed by atoms with Crippen LogP contribution in [0.3, 0.4) is 0 Å². The van der Waals surface area contributed by atoms with Gasteiger partial charge in [-0.1, -0.05) is 5.11 Å². The van der Waals surface area contributed by atoms with Gasteiger partial charge in [0.2, 0.25) is 0 Å². The summed E-state index contributed by atoms with van der Waals surface area (Å²) in [5, 5.41) is 13.6. The molecule has 0 amide bonds. The van der Waals surface area contributed by atoms with E-state index in [0.29, 0.717) is 0 Å². The number of hydrogen-bond donors (Lipinski definition) is 2. The van der Waals surface area contributed by atoms with E-state index in [4.69, 9.17) is 15.0 Å². The quantitative estimate of drug-likeness (QED) is 0.409. The lowest BCUT2D eigenvalue weighted by atomic mass is 10.00. The minimum Gasteiger partial charge on any atom is -0.387 e. The van der Waals surface area contributed by atoms with Gasteiger partial charge in [-0.15, -0.1) is 0 Å². The highest BCUT2D eigenvalue weighted by atomic mass is 16.6. The zero-order chi connectivity index (χ0) is 14.3. The fourth-order valence-electron chi connectivity index (χ4n) is 2.53. The number of aliphatic hydroxyl groups excluding tert-OH is 1. The molecule has 20 heavy (non-hydrogen) atoms. The van der Waals surface area contributed by atoms with E-state index in [1.54, 1.807) is 0 Å². The zero-order valence-electron chi connectivity index (χ0n) is 10.2. The Hall–Kier alpha value is -2.13. The first-order valence-corrected chi connectivity index (χ1v) is 5.87. The number of ether oxygens (including phenoxy) is 2. The first-order chi connectivity index (χ1) is 9.57. The summed E-state index contributed by atoms with van der Waals surface area (Å²) >= 11 is 0. The number of fused-ring (bicyclic) bond motifs is 2. The molecule has 3 heterocycles. The van der Waals surface area contributed by atoms with Crippen LogP contribution in [0.15, 0.2) is 27.0 Å². The molecule has 0 aliphatic carbocycles. The van der Waals surface area contributed by atoms with Crippen molar-refractivity contribution in [2.45, 2.75) is 24.0 Å². The van der Waals surface area contributed by atoms with Crippen molar-refractivity contribution in [2.24, 2.45) is 5.11 Å². The molecule has 2 saturated heterocycles. The summed E-state index contributed by atoms with van der Waals surface area (Å²) in [7, 11) is 0. The van der Waals surface area contributed by atoms with Gasteiger partial charge in [-0.3, -0.25) is 14.3 Å². The molecule has 1 aromatic rings. The third kappa shape index (κ3) is 1.74. The van der Waals surface area contributed by atoms with E-state index in [2.05, 4.69) is 15.0 Å². The van der Waals surface area contributed by atoms with Crippen LogP contribution in [0.4, 0.5) is 0 Å². The summed E-state index contributed by atoms with van der Waals surface area (Å²) in [6, 6.07) is 1.17. The molecule has 4 atom stereocenters. The fraction of sp³-hybridized carbons (Fsp3) is 0.600. The summed E-state index contributed by atoms with van der Waals surface area (Å²) in [4.78, 5) is 27.5. The van der Waals surface area contributed by atoms with Crippen molar-refractivity contribution in [3.05, 3.63) is 43.5 Å². The highest BCUT2D eigenvalue weighted by Gasteiger charge is 2.61. The van der Waals surface area contributed by atoms with Crippen LogP contribution in [-0.4, -0.2) is 45.6 Å². The number of nitrogens with zero attached hydrogens (tertiary/aromatic N) is 4. The Morgan fingerprint density at radius 2 is 2.45 bits per heavy atom. The van der Waals surface area contributed by atoms with Gasteiger partial charge in [-0.2, -0.15) is 0 Å². The van der Waals surface area contributed by atoms with E-state index in [1.807, 2.05) is 0 Å². The number of hydrogen-bond acceptors (Lipinski definition) is 6. The molecule has 0 unspecified atom stereocenters. The molecule has 0 saturated carbocycles. The van der Waals surface area contributed by atoms with E-state index in [9.17, 15) is 14.7 Å². The molecule has 2 aliphatic rings. The summed E-state index contributed by atoms with van der Waals surface area (Å²) < 4.78 is 12.2. The molecule has 10 nitrogen and oxygen atoms in total. The lowest BCUT2D eigenvalue weighted by Gasteiger charge is -2.29. The lowest BCUT2D eigenvalue weighted by Crippen LogP contribution is -2.44. The molecule has 10 heteroatoms. The summed E-state index contributed by atoms with van der Waals surface area (Å²) in [6.45, 7) is -0.0256. The van der Waals surface area contributed by atoms with E-state index in [0.717, 1.165) is 4.57 Å². The van der Waals surface area contributed by atoms with Crippen LogP contribution in [0.25, 0.3) is 10.4 Å². The van der Waals surface area contributed by atoms with Crippen molar-refractivity contribution in [1.29, 1.82) is 0 Å². The number of azide groups is 1. The number of rotatable bonds is 3. The van der Waals surface area contributed by atoms with Crippen LogP contribution < -0.4 is 11.2 Å². The molecule has 106 valence electrons. The highest BCUT2D eigenvalue weighted by molar-refractivity contribution is 5.08. The molecule has 2 fully saturated rings. The lowest BCUT2D eigenvalue weighted by molar-refractivity contribution is -0.170. The maximum absolute atomic E-state index is 11.7. The second-order valence-electron chi connectivity index (χ2n) is 4.70. The Balaban J connectivity index is 1.96. The Labute approximate surface area is 111 Å². The van der Waals surface area contributed by atoms with Crippen LogP contribution in [0.1, 0.15) is 6.23 Å². The average molecular weight is 281 g/mol. The molecule has 2 aliphatic heterocycles. The molecule has 2 N–H and O–H groups in total. The van der Waals surface area contributed by atoms with Crippen molar-refractivity contribution < 1.29 is 14.6 Å². The normalized spacial score (nSPS) is 35.0. The smallest absolute Gasteiger partial charge is 0.330 e. The molecular weight excluding hydrogens is 270 g/mol. The van der Waals surface area contributed by atoms with Crippen LogP contribution in [-0.2, 0) is 9.47 Å². The first kappa shape index (κ1) is 12.9. The van der Waals surface area contributed by atoms with Crippen molar-refractivity contribution in [3.63, 3.8) is 0 Å².